The van der Waals surface area contributed by atoms with Gasteiger partial charge in [0.15, 0.2) is 0 Å². The van der Waals surface area contributed by atoms with Crippen molar-refractivity contribution in [2.24, 2.45) is 0 Å². The van der Waals surface area contributed by atoms with Gasteiger partial charge in [0.25, 0.3) is 0 Å². The summed E-state index contributed by atoms with van der Waals surface area (Å²) in [6, 6.07) is 3.74. The minimum atomic E-state index is -1.19. The fraction of sp³-hybridized carbons (Fsp3) is 0.333. The summed E-state index contributed by atoms with van der Waals surface area (Å²) < 4.78 is 13.4. The number of β-amino-alcohol motifs (C(OH)–C–C–N with tert-alkyl or cyclic N) is 1. The number of likely N-dealkylation sites (tertiary alicyclic amines) is 1. The van der Waals surface area contributed by atoms with Crippen molar-refractivity contribution in [3.05, 3.63) is 30.1 Å². The number of hydrogen-bond acceptors (Lipinski definition) is 3. The highest BCUT2D eigenvalue weighted by Gasteiger charge is 2.39. The molecular formula is C12H13FN2O4. The third-order valence-electron chi connectivity index (χ3n) is 2.94. The van der Waals surface area contributed by atoms with Crippen molar-refractivity contribution >= 4 is 17.7 Å². The monoisotopic (exact) mass is 268 g/mol. The lowest BCUT2D eigenvalue weighted by molar-refractivity contribution is -0.141. The SMILES string of the molecule is O=C(O)[C@@H]1CC(O)CN1C(=O)Nc1ccccc1F. The number of urea groups is 1. The first-order valence-electron chi connectivity index (χ1n) is 5.72. The predicted octanol–water partition coefficient (Wildman–Crippen LogP) is 0.877. The maximum absolute atomic E-state index is 13.4. The molecule has 102 valence electrons. The van der Waals surface area contributed by atoms with E-state index in [4.69, 9.17) is 5.11 Å². The Hall–Kier alpha value is -2.15. The molecule has 0 bridgehead atoms. The number of aliphatic hydroxyl groups excluding tert-OH is 1. The second-order valence-electron chi connectivity index (χ2n) is 4.31. The van der Waals surface area contributed by atoms with E-state index in [1.165, 1.54) is 18.2 Å². The largest absolute Gasteiger partial charge is 0.480 e. The molecule has 19 heavy (non-hydrogen) atoms. The quantitative estimate of drug-likeness (QED) is 0.742. The number of carbonyl (C=O) groups is 2. The summed E-state index contributed by atoms with van der Waals surface area (Å²) in [6.07, 6.45) is -0.910. The number of para-hydroxylation sites is 1. The zero-order valence-corrected chi connectivity index (χ0v) is 9.91. The third kappa shape index (κ3) is 2.82. The molecule has 1 aliphatic heterocycles. The Morgan fingerprint density at radius 1 is 1.37 bits per heavy atom. The molecule has 1 unspecified atom stereocenters. The Bertz CT molecular complexity index is 508. The van der Waals surface area contributed by atoms with Crippen LogP contribution < -0.4 is 5.32 Å². The van der Waals surface area contributed by atoms with Crippen LogP contribution in [0.15, 0.2) is 24.3 Å². The Labute approximate surface area is 108 Å². The van der Waals surface area contributed by atoms with Crippen LogP contribution in [0.1, 0.15) is 6.42 Å². The summed E-state index contributed by atoms with van der Waals surface area (Å²) in [5, 5.41) is 20.7. The number of hydrogen-bond donors (Lipinski definition) is 3. The molecule has 0 spiro atoms. The van der Waals surface area contributed by atoms with E-state index >= 15 is 0 Å². The van der Waals surface area contributed by atoms with E-state index in [1.54, 1.807) is 6.07 Å². The van der Waals surface area contributed by atoms with E-state index in [9.17, 15) is 19.1 Å². The lowest BCUT2D eigenvalue weighted by atomic mass is 10.2. The highest BCUT2D eigenvalue weighted by atomic mass is 19.1. The number of nitrogens with one attached hydrogen (secondary N) is 1. The van der Waals surface area contributed by atoms with Crippen LogP contribution in [0, 0.1) is 5.82 Å². The first-order valence-corrected chi connectivity index (χ1v) is 5.72. The van der Waals surface area contributed by atoms with Gasteiger partial charge in [0.2, 0.25) is 0 Å². The Morgan fingerprint density at radius 3 is 2.68 bits per heavy atom. The van der Waals surface area contributed by atoms with Crippen LogP contribution in [0.5, 0.6) is 0 Å². The van der Waals surface area contributed by atoms with Gasteiger partial charge in [-0.05, 0) is 12.1 Å². The lowest BCUT2D eigenvalue weighted by Crippen LogP contribution is -2.43. The smallest absolute Gasteiger partial charge is 0.326 e. The van der Waals surface area contributed by atoms with Crippen LogP contribution in [0.4, 0.5) is 14.9 Å². The van der Waals surface area contributed by atoms with Gasteiger partial charge in [-0.1, -0.05) is 12.1 Å². The second-order valence-corrected chi connectivity index (χ2v) is 4.31. The fourth-order valence-electron chi connectivity index (χ4n) is 2.02. The zero-order chi connectivity index (χ0) is 14.0. The maximum atomic E-state index is 13.4. The molecule has 0 radical (unpaired) electrons. The van der Waals surface area contributed by atoms with Crippen molar-refractivity contribution in [1.29, 1.82) is 0 Å². The predicted molar refractivity (Wildman–Crippen MR) is 64.2 cm³/mol. The minimum Gasteiger partial charge on any atom is -0.480 e. The summed E-state index contributed by atoms with van der Waals surface area (Å²) in [7, 11) is 0. The van der Waals surface area contributed by atoms with Gasteiger partial charge in [-0.3, -0.25) is 0 Å². The van der Waals surface area contributed by atoms with Gasteiger partial charge < -0.3 is 20.4 Å². The van der Waals surface area contributed by atoms with Crippen LogP contribution in [-0.4, -0.2) is 45.8 Å². The summed E-state index contributed by atoms with van der Waals surface area (Å²) in [4.78, 5) is 23.9. The van der Waals surface area contributed by atoms with Gasteiger partial charge in [-0.25, -0.2) is 14.0 Å². The molecule has 3 N–H and O–H groups in total. The van der Waals surface area contributed by atoms with Gasteiger partial charge >= 0.3 is 12.0 Å². The minimum absolute atomic E-state index is 0.0278. The number of amides is 2. The molecule has 1 saturated heterocycles. The normalized spacial score (nSPS) is 22.3. The molecule has 2 rings (SSSR count). The molecular weight excluding hydrogens is 255 g/mol. The third-order valence-corrected chi connectivity index (χ3v) is 2.94. The molecule has 0 aromatic heterocycles. The van der Waals surface area contributed by atoms with Crippen molar-refractivity contribution in [3.8, 4) is 0 Å². The van der Waals surface area contributed by atoms with Crippen LogP contribution in [0.2, 0.25) is 0 Å². The number of carboxylic acid groups (broad SMARTS) is 1. The molecule has 6 nitrogen and oxygen atoms in total. The van der Waals surface area contributed by atoms with E-state index in [0.717, 1.165) is 4.90 Å². The van der Waals surface area contributed by atoms with E-state index in [-0.39, 0.29) is 18.7 Å². The van der Waals surface area contributed by atoms with Gasteiger partial charge in [0.1, 0.15) is 11.9 Å². The van der Waals surface area contributed by atoms with Crippen molar-refractivity contribution in [2.75, 3.05) is 11.9 Å². The number of benzene rings is 1. The summed E-state index contributed by atoms with van der Waals surface area (Å²) in [6.45, 7) is -0.0861. The van der Waals surface area contributed by atoms with Crippen molar-refractivity contribution in [1.82, 2.24) is 4.90 Å². The molecule has 1 fully saturated rings. The number of halogens is 1. The zero-order valence-electron chi connectivity index (χ0n) is 9.91. The number of aliphatic hydroxyl groups is 1. The molecule has 2 amide bonds. The second kappa shape index (κ2) is 5.23. The number of rotatable bonds is 2. The van der Waals surface area contributed by atoms with E-state index in [2.05, 4.69) is 5.32 Å². The number of anilines is 1. The standard InChI is InChI=1S/C12H13FN2O4/c13-8-3-1-2-4-9(8)14-12(19)15-6-7(16)5-10(15)11(17)18/h1-4,7,10,16H,5-6H2,(H,14,19)(H,17,18)/t7?,10-/m0/s1. The topological polar surface area (TPSA) is 89.9 Å². The molecule has 2 atom stereocenters. The van der Waals surface area contributed by atoms with E-state index in [1.807, 2.05) is 0 Å². The average Bonchev–Trinajstić information content (AvgIpc) is 2.74. The van der Waals surface area contributed by atoms with Crippen molar-refractivity contribution in [2.45, 2.75) is 18.6 Å². The molecule has 0 aliphatic carbocycles. The first-order chi connectivity index (χ1) is 8.99. The van der Waals surface area contributed by atoms with Crippen LogP contribution in [0.3, 0.4) is 0 Å². The molecule has 7 heteroatoms. The van der Waals surface area contributed by atoms with Gasteiger partial charge in [0, 0.05) is 13.0 Å². The van der Waals surface area contributed by atoms with Gasteiger partial charge in [0.05, 0.1) is 11.8 Å². The highest BCUT2D eigenvalue weighted by molar-refractivity contribution is 5.92. The Morgan fingerprint density at radius 2 is 2.05 bits per heavy atom. The van der Waals surface area contributed by atoms with Crippen LogP contribution in [0.25, 0.3) is 0 Å². The van der Waals surface area contributed by atoms with Crippen molar-refractivity contribution in [3.63, 3.8) is 0 Å². The summed E-state index contributed by atoms with van der Waals surface area (Å²) in [5.74, 6) is -1.80. The first kappa shape index (κ1) is 13.3. The fourth-order valence-corrected chi connectivity index (χ4v) is 2.02. The van der Waals surface area contributed by atoms with Crippen LogP contribution in [-0.2, 0) is 4.79 Å². The van der Waals surface area contributed by atoms with Crippen molar-refractivity contribution < 1.29 is 24.2 Å². The van der Waals surface area contributed by atoms with E-state index < -0.39 is 30.0 Å². The number of nitrogens with zero attached hydrogens (tertiary/aromatic N) is 1. The Balaban J connectivity index is 2.11. The summed E-state index contributed by atoms with van der Waals surface area (Å²) in [5.41, 5.74) is -0.0296. The Kier molecular flexibility index (Phi) is 3.66. The average molecular weight is 268 g/mol. The highest BCUT2D eigenvalue weighted by Crippen LogP contribution is 2.20. The lowest BCUT2D eigenvalue weighted by Gasteiger charge is -2.21. The number of carbonyl (C=O) groups excluding carboxylic acids is 1. The van der Waals surface area contributed by atoms with Gasteiger partial charge in [-0.15, -0.1) is 0 Å². The molecule has 1 aliphatic rings. The maximum Gasteiger partial charge on any atom is 0.326 e. The summed E-state index contributed by atoms with van der Waals surface area (Å²) >= 11 is 0. The van der Waals surface area contributed by atoms with Crippen LogP contribution >= 0.6 is 0 Å². The molecule has 1 aromatic rings. The van der Waals surface area contributed by atoms with E-state index in [0.29, 0.717) is 0 Å². The molecule has 1 aromatic carbocycles. The number of aliphatic carboxylic acids is 1. The number of carboxylic acids is 1. The molecule has 0 saturated carbocycles. The molecule has 1 heterocycles. The van der Waals surface area contributed by atoms with Gasteiger partial charge in [-0.2, -0.15) is 0 Å².